The number of hydrogen-bond donors (Lipinski definition) is 2. The van der Waals surface area contributed by atoms with E-state index in [0.717, 1.165) is 36.6 Å². The molecule has 20 heavy (non-hydrogen) atoms. The van der Waals surface area contributed by atoms with Gasteiger partial charge in [-0.15, -0.1) is 0 Å². The van der Waals surface area contributed by atoms with Gasteiger partial charge in [0.25, 0.3) is 0 Å². The molecule has 2 heterocycles. The molecule has 2 aromatic rings. The van der Waals surface area contributed by atoms with Gasteiger partial charge in [0.05, 0.1) is 6.20 Å². The maximum atomic E-state index is 5.87. The minimum atomic E-state index is 0.278. The standard InChI is InChI=1S/C16H23N3O/c1-10-5-13-14(6-16(3,4)7-15(13)20-10)17-8-12-9-18-19-11(12)2/h5,9,14,17H,6-8H2,1-4H3,(H,18,19). The Morgan fingerprint density at radius 1 is 1.45 bits per heavy atom. The maximum absolute atomic E-state index is 5.87. The summed E-state index contributed by atoms with van der Waals surface area (Å²) in [6.45, 7) is 9.55. The number of H-pyrrole nitrogens is 1. The van der Waals surface area contributed by atoms with Crippen LogP contribution < -0.4 is 5.32 Å². The van der Waals surface area contributed by atoms with Crippen molar-refractivity contribution < 1.29 is 4.42 Å². The second-order valence-corrected chi connectivity index (χ2v) is 6.73. The number of aromatic amines is 1. The Kier molecular flexibility index (Phi) is 3.21. The molecule has 1 atom stereocenters. The van der Waals surface area contributed by atoms with Gasteiger partial charge in [0.2, 0.25) is 0 Å². The molecule has 0 bridgehead atoms. The Bertz CT molecular complexity index is 609. The summed E-state index contributed by atoms with van der Waals surface area (Å²) in [5.41, 5.74) is 3.98. The van der Waals surface area contributed by atoms with Gasteiger partial charge in [0, 0.05) is 35.8 Å². The number of nitrogens with one attached hydrogen (secondary N) is 2. The van der Waals surface area contributed by atoms with E-state index in [1.165, 1.54) is 11.1 Å². The highest BCUT2D eigenvalue weighted by molar-refractivity contribution is 5.29. The van der Waals surface area contributed by atoms with Crippen LogP contribution in [-0.4, -0.2) is 10.2 Å². The summed E-state index contributed by atoms with van der Waals surface area (Å²) in [4.78, 5) is 0. The fourth-order valence-corrected chi connectivity index (χ4v) is 3.15. The summed E-state index contributed by atoms with van der Waals surface area (Å²) in [5, 5.41) is 10.7. The highest BCUT2D eigenvalue weighted by atomic mass is 16.3. The molecule has 0 amide bonds. The third kappa shape index (κ3) is 2.52. The van der Waals surface area contributed by atoms with Crippen molar-refractivity contribution in [2.75, 3.05) is 0 Å². The second-order valence-electron chi connectivity index (χ2n) is 6.73. The first-order valence-electron chi connectivity index (χ1n) is 7.26. The molecule has 0 aromatic carbocycles. The predicted molar refractivity (Wildman–Crippen MR) is 78.5 cm³/mol. The van der Waals surface area contributed by atoms with E-state index < -0.39 is 0 Å². The molecule has 4 heteroatoms. The number of furan rings is 1. The van der Waals surface area contributed by atoms with Gasteiger partial charge >= 0.3 is 0 Å². The zero-order valence-electron chi connectivity index (χ0n) is 12.7. The quantitative estimate of drug-likeness (QED) is 0.901. The topological polar surface area (TPSA) is 53.9 Å². The molecule has 0 aliphatic heterocycles. The van der Waals surface area contributed by atoms with Crippen LogP contribution in [0.3, 0.4) is 0 Å². The number of aryl methyl sites for hydroxylation is 2. The molecule has 1 aliphatic carbocycles. The predicted octanol–water partition coefficient (Wildman–Crippen LogP) is 3.42. The Balaban J connectivity index is 1.80. The van der Waals surface area contributed by atoms with Crippen LogP contribution in [0, 0.1) is 19.3 Å². The average Bonchev–Trinajstić information content (AvgIpc) is 2.90. The van der Waals surface area contributed by atoms with E-state index in [1.54, 1.807) is 0 Å². The van der Waals surface area contributed by atoms with Crippen LogP contribution in [0.2, 0.25) is 0 Å². The summed E-state index contributed by atoms with van der Waals surface area (Å²) < 4.78 is 5.87. The first-order chi connectivity index (χ1) is 9.44. The molecular formula is C16H23N3O. The van der Waals surface area contributed by atoms with Gasteiger partial charge in [-0.25, -0.2) is 0 Å². The number of nitrogens with zero attached hydrogens (tertiary/aromatic N) is 1. The Hall–Kier alpha value is -1.55. The second kappa shape index (κ2) is 4.77. The molecule has 0 spiro atoms. The van der Waals surface area contributed by atoms with Crippen LogP contribution in [0.5, 0.6) is 0 Å². The lowest BCUT2D eigenvalue weighted by Gasteiger charge is -2.34. The third-order valence-electron chi connectivity index (χ3n) is 4.21. The monoisotopic (exact) mass is 273 g/mol. The molecule has 0 saturated heterocycles. The minimum absolute atomic E-state index is 0.278. The lowest BCUT2D eigenvalue weighted by Crippen LogP contribution is -2.32. The van der Waals surface area contributed by atoms with Gasteiger partial charge in [-0.3, -0.25) is 5.10 Å². The van der Waals surface area contributed by atoms with Gasteiger partial charge in [0.1, 0.15) is 11.5 Å². The SMILES string of the molecule is Cc1cc2c(o1)CC(C)(C)CC2NCc1cn[nH]c1C. The highest BCUT2D eigenvalue weighted by Crippen LogP contribution is 2.42. The van der Waals surface area contributed by atoms with Crippen molar-refractivity contribution in [2.45, 2.75) is 53.1 Å². The largest absolute Gasteiger partial charge is 0.466 e. The molecule has 4 nitrogen and oxygen atoms in total. The Morgan fingerprint density at radius 2 is 2.25 bits per heavy atom. The fraction of sp³-hybridized carbons (Fsp3) is 0.562. The molecule has 1 aliphatic rings. The molecule has 2 N–H and O–H groups in total. The van der Waals surface area contributed by atoms with Crippen LogP contribution in [-0.2, 0) is 13.0 Å². The lowest BCUT2D eigenvalue weighted by atomic mass is 9.74. The summed E-state index contributed by atoms with van der Waals surface area (Å²) in [5.74, 6) is 2.17. The molecule has 0 saturated carbocycles. The Labute approximate surface area is 120 Å². The van der Waals surface area contributed by atoms with Crippen molar-refractivity contribution in [2.24, 2.45) is 5.41 Å². The first-order valence-corrected chi connectivity index (χ1v) is 7.26. The fourth-order valence-electron chi connectivity index (χ4n) is 3.15. The molecule has 0 radical (unpaired) electrons. The van der Waals surface area contributed by atoms with E-state index in [2.05, 4.69) is 42.4 Å². The molecule has 1 unspecified atom stereocenters. The van der Waals surface area contributed by atoms with Crippen LogP contribution >= 0.6 is 0 Å². The smallest absolute Gasteiger partial charge is 0.109 e. The highest BCUT2D eigenvalue weighted by Gasteiger charge is 2.34. The van der Waals surface area contributed by atoms with Crippen LogP contribution in [0.25, 0.3) is 0 Å². The summed E-state index contributed by atoms with van der Waals surface area (Å²) >= 11 is 0. The zero-order valence-corrected chi connectivity index (χ0v) is 12.7. The van der Waals surface area contributed by atoms with Crippen molar-refractivity contribution in [1.29, 1.82) is 0 Å². The van der Waals surface area contributed by atoms with E-state index in [-0.39, 0.29) is 5.41 Å². The van der Waals surface area contributed by atoms with Crippen LogP contribution in [0.15, 0.2) is 16.7 Å². The van der Waals surface area contributed by atoms with E-state index in [0.29, 0.717) is 6.04 Å². The van der Waals surface area contributed by atoms with Gasteiger partial charge in [0.15, 0.2) is 0 Å². The summed E-state index contributed by atoms with van der Waals surface area (Å²) in [6.07, 6.45) is 4.06. The van der Waals surface area contributed by atoms with E-state index in [1.807, 2.05) is 13.1 Å². The first kappa shape index (κ1) is 13.4. The third-order valence-corrected chi connectivity index (χ3v) is 4.21. The normalized spacial score (nSPS) is 20.9. The van der Waals surface area contributed by atoms with E-state index >= 15 is 0 Å². The number of rotatable bonds is 3. The number of aromatic nitrogens is 2. The van der Waals surface area contributed by atoms with Crippen LogP contribution in [0.4, 0.5) is 0 Å². The average molecular weight is 273 g/mol. The molecule has 3 rings (SSSR count). The van der Waals surface area contributed by atoms with E-state index in [4.69, 9.17) is 4.42 Å². The Morgan fingerprint density at radius 3 is 2.95 bits per heavy atom. The number of hydrogen-bond acceptors (Lipinski definition) is 3. The molecule has 108 valence electrons. The van der Waals surface area contributed by atoms with Crippen molar-refractivity contribution in [3.63, 3.8) is 0 Å². The van der Waals surface area contributed by atoms with Gasteiger partial charge in [-0.1, -0.05) is 13.8 Å². The summed E-state index contributed by atoms with van der Waals surface area (Å²) in [7, 11) is 0. The molecule has 2 aromatic heterocycles. The summed E-state index contributed by atoms with van der Waals surface area (Å²) in [6, 6.07) is 2.55. The zero-order chi connectivity index (χ0) is 14.3. The molecule has 0 fully saturated rings. The van der Waals surface area contributed by atoms with Crippen LogP contribution in [0.1, 0.15) is 54.7 Å². The van der Waals surface area contributed by atoms with Crippen molar-refractivity contribution >= 4 is 0 Å². The lowest BCUT2D eigenvalue weighted by molar-refractivity contribution is 0.233. The van der Waals surface area contributed by atoms with E-state index in [9.17, 15) is 0 Å². The van der Waals surface area contributed by atoms with Crippen molar-refractivity contribution in [3.05, 3.63) is 40.6 Å². The molecular weight excluding hydrogens is 250 g/mol. The van der Waals surface area contributed by atoms with Crippen molar-refractivity contribution in [1.82, 2.24) is 15.5 Å². The maximum Gasteiger partial charge on any atom is 0.109 e. The number of fused-ring (bicyclic) bond motifs is 1. The van der Waals surface area contributed by atoms with Gasteiger partial charge in [-0.2, -0.15) is 5.10 Å². The van der Waals surface area contributed by atoms with Gasteiger partial charge in [-0.05, 0) is 31.7 Å². The van der Waals surface area contributed by atoms with Crippen molar-refractivity contribution in [3.8, 4) is 0 Å². The van der Waals surface area contributed by atoms with Gasteiger partial charge < -0.3 is 9.73 Å². The minimum Gasteiger partial charge on any atom is -0.466 e.